The zero-order valence-electron chi connectivity index (χ0n) is 14.1. The second-order valence-corrected chi connectivity index (χ2v) is 8.03. The monoisotopic (exact) mass is 300 g/mol. The molecule has 1 aromatic carbocycles. The minimum absolute atomic E-state index is 0.0840. The van der Waals surface area contributed by atoms with Crippen molar-refractivity contribution in [1.29, 1.82) is 0 Å². The van der Waals surface area contributed by atoms with Crippen LogP contribution in [0.3, 0.4) is 0 Å². The third kappa shape index (κ3) is 1.83. The average molecular weight is 300 g/mol. The summed E-state index contributed by atoms with van der Waals surface area (Å²) in [5.41, 5.74) is 4.63. The van der Waals surface area contributed by atoms with Gasteiger partial charge in [0.25, 0.3) is 0 Å². The van der Waals surface area contributed by atoms with E-state index in [1.54, 1.807) is 12.7 Å². The molecule has 0 saturated heterocycles. The second kappa shape index (κ2) is 4.99. The van der Waals surface area contributed by atoms with Gasteiger partial charge in [0.15, 0.2) is 0 Å². The van der Waals surface area contributed by atoms with Gasteiger partial charge in [0.1, 0.15) is 5.75 Å². The maximum Gasteiger partial charge on any atom is 0.122 e. The molecule has 3 aliphatic carbocycles. The zero-order valence-corrected chi connectivity index (χ0v) is 14.1. The van der Waals surface area contributed by atoms with Crippen LogP contribution in [-0.4, -0.2) is 18.3 Å². The van der Waals surface area contributed by atoms with E-state index in [-0.39, 0.29) is 11.5 Å². The van der Waals surface area contributed by atoms with Crippen LogP contribution >= 0.6 is 0 Å². The first-order chi connectivity index (χ1) is 10.6. The smallest absolute Gasteiger partial charge is 0.122 e. The fourth-order valence-corrected chi connectivity index (χ4v) is 6.00. The summed E-state index contributed by atoms with van der Waals surface area (Å²) < 4.78 is 5.72. The molecule has 0 aromatic heterocycles. The van der Waals surface area contributed by atoms with Gasteiger partial charge in [-0.1, -0.05) is 13.0 Å². The van der Waals surface area contributed by atoms with Crippen LogP contribution < -0.4 is 4.74 Å². The molecule has 0 bridgehead atoms. The number of fused-ring (bicyclic) bond motifs is 5. The Labute approximate surface area is 133 Å². The lowest BCUT2D eigenvalue weighted by Gasteiger charge is -2.50. The van der Waals surface area contributed by atoms with Gasteiger partial charge < -0.3 is 9.84 Å². The fourth-order valence-electron chi connectivity index (χ4n) is 6.00. The molecule has 0 aliphatic heterocycles. The predicted molar refractivity (Wildman–Crippen MR) is 88.4 cm³/mol. The van der Waals surface area contributed by atoms with Crippen LogP contribution in [0.25, 0.3) is 0 Å². The molecule has 5 atom stereocenters. The molecule has 22 heavy (non-hydrogen) atoms. The van der Waals surface area contributed by atoms with Crippen molar-refractivity contribution < 1.29 is 9.84 Å². The van der Waals surface area contributed by atoms with Crippen LogP contribution in [0.1, 0.15) is 61.6 Å². The van der Waals surface area contributed by atoms with Crippen molar-refractivity contribution in [1.82, 2.24) is 0 Å². The van der Waals surface area contributed by atoms with Gasteiger partial charge >= 0.3 is 0 Å². The molecule has 2 heteroatoms. The first-order valence-corrected chi connectivity index (χ1v) is 8.90. The Bertz CT molecular complexity index is 594. The molecule has 1 aromatic rings. The van der Waals surface area contributed by atoms with Crippen LogP contribution in [0.2, 0.25) is 0 Å². The summed E-state index contributed by atoms with van der Waals surface area (Å²) >= 11 is 0. The quantitative estimate of drug-likeness (QED) is 0.841. The molecule has 0 amide bonds. The average Bonchev–Trinajstić information content (AvgIpc) is 2.83. The highest BCUT2D eigenvalue weighted by molar-refractivity contribution is 5.49. The van der Waals surface area contributed by atoms with Crippen LogP contribution in [0.15, 0.2) is 12.1 Å². The van der Waals surface area contributed by atoms with E-state index in [1.165, 1.54) is 36.8 Å². The van der Waals surface area contributed by atoms with E-state index in [1.807, 2.05) is 0 Å². The number of hydrogen-bond donors (Lipinski definition) is 1. The molecular formula is C20H28O2. The Morgan fingerprint density at radius 2 is 2.00 bits per heavy atom. The highest BCUT2D eigenvalue weighted by Crippen LogP contribution is 2.61. The normalized spacial score (nSPS) is 39.8. The summed E-state index contributed by atoms with van der Waals surface area (Å²) in [5, 5.41) is 10.5. The van der Waals surface area contributed by atoms with Crippen molar-refractivity contribution >= 4 is 0 Å². The highest BCUT2D eigenvalue weighted by atomic mass is 16.5. The van der Waals surface area contributed by atoms with Gasteiger partial charge in [-0.15, -0.1) is 0 Å². The minimum atomic E-state index is -0.0840. The van der Waals surface area contributed by atoms with Crippen molar-refractivity contribution in [2.45, 2.75) is 64.4 Å². The number of methoxy groups -OCH3 is 1. The Hall–Kier alpha value is -1.02. The lowest BCUT2D eigenvalue weighted by Crippen LogP contribution is -2.44. The van der Waals surface area contributed by atoms with Crippen LogP contribution in [0, 0.1) is 24.2 Å². The number of rotatable bonds is 1. The number of aliphatic hydroxyl groups is 1. The molecule has 0 heterocycles. The van der Waals surface area contributed by atoms with E-state index in [4.69, 9.17) is 4.74 Å². The maximum absolute atomic E-state index is 10.5. The number of aryl methyl sites for hydroxylation is 1. The molecule has 120 valence electrons. The van der Waals surface area contributed by atoms with Gasteiger partial charge in [0.2, 0.25) is 0 Å². The summed E-state index contributed by atoms with van der Waals surface area (Å²) in [6.07, 6.45) is 6.97. The first kappa shape index (κ1) is 14.6. The van der Waals surface area contributed by atoms with Gasteiger partial charge in [-0.2, -0.15) is 0 Å². The van der Waals surface area contributed by atoms with Crippen molar-refractivity contribution in [3.05, 3.63) is 28.8 Å². The molecule has 2 fully saturated rings. The molecule has 0 unspecified atom stereocenters. The minimum Gasteiger partial charge on any atom is -0.496 e. The lowest BCUT2D eigenvalue weighted by molar-refractivity contribution is -0.0229. The summed E-state index contributed by atoms with van der Waals surface area (Å²) in [6, 6.07) is 4.37. The van der Waals surface area contributed by atoms with Crippen LogP contribution in [0.4, 0.5) is 0 Å². The molecule has 3 aliphatic rings. The van der Waals surface area contributed by atoms with E-state index >= 15 is 0 Å². The molecule has 2 saturated carbocycles. The maximum atomic E-state index is 10.5. The largest absolute Gasteiger partial charge is 0.496 e. The molecular weight excluding hydrogens is 272 g/mol. The number of ether oxygens (including phenoxy) is 1. The van der Waals surface area contributed by atoms with Crippen molar-refractivity contribution in [3.8, 4) is 5.75 Å². The van der Waals surface area contributed by atoms with E-state index in [0.717, 1.165) is 24.5 Å². The summed E-state index contributed by atoms with van der Waals surface area (Å²) in [5.74, 6) is 3.16. The topological polar surface area (TPSA) is 29.5 Å². The van der Waals surface area contributed by atoms with Gasteiger partial charge in [-0.25, -0.2) is 0 Å². The molecule has 2 nitrogen and oxygen atoms in total. The Morgan fingerprint density at radius 1 is 1.18 bits per heavy atom. The zero-order chi connectivity index (χ0) is 15.5. The lowest BCUT2D eigenvalue weighted by atomic mass is 9.55. The van der Waals surface area contributed by atoms with Gasteiger partial charge in [0, 0.05) is 5.56 Å². The molecule has 1 N–H and O–H groups in total. The van der Waals surface area contributed by atoms with E-state index in [2.05, 4.69) is 26.0 Å². The Balaban J connectivity index is 1.77. The van der Waals surface area contributed by atoms with Crippen LogP contribution in [-0.2, 0) is 6.42 Å². The highest BCUT2D eigenvalue weighted by Gasteiger charge is 2.54. The first-order valence-electron chi connectivity index (χ1n) is 8.90. The SMILES string of the molecule is COc1ccc(C)c2c1[C@H]1CC[C@]3(C)[C@@H](O)CC[C@H]3[C@@H]1CC2. The van der Waals surface area contributed by atoms with Gasteiger partial charge in [-0.3, -0.25) is 0 Å². The Kier molecular flexibility index (Phi) is 3.30. The number of hydrogen-bond acceptors (Lipinski definition) is 2. The van der Waals surface area contributed by atoms with Crippen LogP contribution in [0.5, 0.6) is 5.75 Å². The van der Waals surface area contributed by atoms with Crippen molar-refractivity contribution in [2.75, 3.05) is 7.11 Å². The third-order valence-electron chi connectivity index (χ3n) is 7.26. The number of benzene rings is 1. The van der Waals surface area contributed by atoms with Gasteiger partial charge in [-0.05, 0) is 85.8 Å². The Morgan fingerprint density at radius 3 is 2.77 bits per heavy atom. The van der Waals surface area contributed by atoms with E-state index in [9.17, 15) is 5.11 Å². The molecule has 0 radical (unpaired) electrons. The van der Waals surface area contributed by atoms with Crippen molar-refractivity contribution in [2.24, 2.45) is 17.3 Å². The van der Waals surface area contributed by atoms with E-state index in [0.29, 0.717) is 11.8 Å². The summed E-state index contributed by atoms with van der Waals surface area (Å²) in [6.45, 7) is 4.58. The van der Waals surface area contributed by atoms with Gasteiger partial charge in [0.05, 0.1) is 13.2 Å². The standard InChI is InChI=1S/C20H28O2/c1-12-4-8-17(22-3)19-13(12)5-6-14-15(19)10-11-20(2)16(14)7-9-18(20)21/h4,8,14-16,18,21H,5-7,9-11H2,1-3H3/t14-,15+,16+,18+,20+/m1/s1. The second-order valence-electron chi connectivity index (χ2n) is 8.03. The molecule has 0 spiro atoms. The third-order valence-corrected chi connectivity index (χ3v) is 7.26. The predicted octanol–water partition coefficient (Wildman–Crippen LogP) is 4.22. The fraction of sp³-hybridized carbons (Fsp3) is 0.700. The molecule has 4 rings (SSSR count). The van der Waals surface area contributed by atoms with E-state index < -0.39 is 0 Å². The number of aliphatic hydroxyl groups excluding tert-OH is 1. The van der Waals surface area contributed by atoms with Crippen molar-refractivity contribution in [3.63, 3.8) is 0 Å². The summed E-state index contributed by atoms with van der Waals surface area (Å²) in [7, 11) is 1.81. The summed E-state index contributed by atoms with van der Waals surface area (Å²) in [4.78, 5) is 0.